The molecule has 21 heavy (non-hydrogen) atoms. The van der Waals surface area contributed by atoms with E-state index in [1.807, 2.05) is 12.3 Å². The van der Waals surface area contributed by atoms with Crippen molar-refractivity contribution in [2.24, 2.45) is 0 Å². The average Bonchev–Trinajstić information content (AvgIpc) is 3.31. The number of hydrogen-bond acceptors (Lipinski definition) is 4. The van der Waals surface area contributed by atoms with Crippen molar-refractivity contribution >= 4 is 11.8 Å². The molecule has 4 nitrogen and oxygen atoms in total. The monoisotopic (exact) mass is 280 g/mol. The van der Waals surface area contributed by atoms with Crippen LogP contribution in [-0.2, 0) is 13.0 Å². The van der Waals surface area contributed by atoms with Crippen LogP contribution in [0.3, 0.4) is 0 Å². The van der Waals surface area contributed by atoms with Crippen molar-refractivity contribution in [3.05, 3.63) is 47.7 Å². The van der Waals surface area contributed by atoms with Gasteiger partial charge in [0.15, 0.2) is 0 Å². The molecule has 0 radical (unpaired) electrons. The lowest BCUT2D eigenvalue weighted by Crippen LogP contribution is -2.39. The van der Waals surface area contributed by atoms with Gasteiger partial charge in [-0.15, -0.1) is 0 Å². The summed E-state index contributed by atoms with van der Waals surface area (Å²) in [7, 11) is 0. The van der Waals surface area contributed by atoms with Crippen LogP contribution in [0.4, 0.5) is 11.8 Å². The smallest absolute Gasteiger partial charge is 0.224 e. The maximum Gasteiger partial charge on any atom is 0.224 e. The molecule has 0 saturated heterocycles. The van der Waals surface area contributed by atoms with Crippen LogP contribution in [0.1, 0.15) is 30.9 Å². The van der Waals surface area contributed by atoms with E-state index < -0.39 is 0 Å². The van der Waals surface area contributed by atoms with E-state index in [1.165, 1.54) is 24.0 Å². The highest BCUT2D eigenvalue weighted by molar-refractivity contribution is 5.48. The number of hydrogen-bond donors (Lipinski definition) is 1. The lowest BCUT2D eigenvalue weighted by molar-refractivity contribution is 0.586. The first kappa shape index (κ1) is 12.6. The number of aromatic nitrogens is 2. The molecule has 108 valence electrons. The molecule has 0 bridgehead atoms. The van der Waals surface area contributed by atoms with Gasteiger partial charge in [-0.25, -0.2) is 4.98 Å². The van der Waals surface area contributed by atoms with Gasteiger partial charge in [-0.1, -0.05) is 24.3 Å². The fourth-order valence-electron chi connectivity index (χ4n) is 2.97. The van der Waals surface area contributed by atoms with Crippen molar-refractivity contribution in [1.29, 1.82) is 0 Å². The summed E-state index contributed by atoms with van der Waals surface area (Å²) in [5.41, 5.74) is 2.87. The van der Waals surface area contributed by atoms with Crippen molar-refractivity contribution in [2.75, 3.05) is 10.2 Å². The number of anilines is 2. The van der Waals surface area contributed by atoms with Crippen molar-refractivity contribution in [1.82, 2.24) is 9.97 Å². The Morgan fingerprint density at radius 1 is 1.14 bits per heavy atom. The van der Waals surface area contributed by atoms with Crippen LogP contribution in [0.25, 0.3) is 0 Å². The Morgan fingerprint density at radius 2 is 1.95 bits per heavy atom. The topological polar surface area (TPSA) is 41.1 Å². The van der Waals surface area contributed by atoms with Gasteiger partial charge < -0.3 is 10.2 Å². The lowest BCUT2D eigenvalue weighted by Gasteiger charge is -2.35. The molecule has 1 aliphatic carbocycles. The quantitative estimate of drug-likeness (QED) is 0.938. The number of nitrogens with zero attached hydrogens (tertiary/aromatic N) is 3. The van der Waals surface area contributed by atoms with Gasteiger partial charge in [0, 0.05) is 24.8 Å². The van der Waals surface area contributed by atoms with Crippen LogP contribution in [0.5, 0.6) is 0 Å². The standard InChI is InChI=1S/C17H20N4/c1-12-10-13-4-2-3-5-14(13)11-21(12)16-8-9-18-17(20-16)19-15-6-7-15/h2-5,8-9,12,15H,6-7,10-11H2,1H3,(H,18,19,20)/t12-/m1/s1. The zero-order chi connectivity index (χ0) is 14.2. The minimum Gasteiger partial charge on any atom is -0.351 e. The molecule has 1 aliphatic heterocycles. The summed E-state index contributed by atoms with van der Waals surface area (Å²) in [6.07, 6.45) is 5.41. The molecule has 1 fully saturated rings. The highest BCUT2D eigenvalue weighted by Gasteiger charge is 2.25. The van der Waals surface area contributed by atoms with Crippen molar-refractivity contribution in [3.8, 4) is 0 Å². The van der Waals surface area contributed by atoms with Crippen molar-refractivity contribution in [2.45, 2.75) is 44.8 Å². The molecule has 4 rings (SSSR count). The van der Waals surface area contributed by atoms with E-state index in [0.717, 1.165) is 24.7 Å². The molecule has 2 aromatic rings. The van der Waals surface area contributed by atoms with Crippen LogP contribution in [0.15, 0.2) is 36.5 Å². The Hall–Kier alpha value is -2.10. The van der Waals surface area contributed by atoms with Crippen LogP contribution in [0, 0.1) is 0 Å². The Labute approximate surface area is 125 Å². The Bertz CT molecular complexity index is 651. The fraction of sp³-hybridized carbons (Fsp3) is 0.412. The highest BCUT2D eigenvalue weighted by atomic mass is 15.3. The summed E-state index contributed by atoms with van der Waals surface area (Å²) in [6.45, 7) is 3.20. The molecule has 0 spiro atoms. The third kappa shape index (κ3) is 2.58. The highest BCUT2D eigenvalue weighted by Crippen LogP contribution is 2.28. The second-order valence-corrected chi connectivity index (χ2v) is 6.11. The molecule has 0 amide bonds. The van der Waals surface area contributed by atoms with E-state index in [4.69, 9.17) is 4.98 Å². The Balaban J connectivity index is 1.60. The largest absolute Gasteiger partial charge is 0.351 e. The van der Waals surface area contributed by atoms with Gasteiger partial charge >= 0.3 is 0 Å². The van der Waals surface area contributed by atoms with Crippen LogP contribution in [0.2, 0.25) is 0 Å². The molecule has 1 aromatic carbocycles. The molecule has 1 N–H and O–H groups in total. The number of rotatable bonds is 3. The Morgan fingerprint density at radius 3 is 2.76 bits per heavy atom. The summed E-state index contributed by atoms with van der Waals surface area (Å²) in [5, 5.41) is 3.38. The third-order valence-electron chi connectivity index (χ3n) is 4.35. The summed E-state index contributed by atoms with van der Waals surface area (Å²) in [4.78, 5) is 11.4. The first-order valence-corrected chi connectivity index (χ1v) is 7.72. The van der Waals surface area contributed by atoms with E-state index in [1.54, 1.807) is 0 Å². The van der Waals surface area contributed by atoms with Crippen LogP contribution >= 0.6 is 0 Å². The van der Waals surface area contributed by atoms with E-state index in [2.05, 4.69) is 46.4 Å². The van der Waals surface area contributed by atoms with E-state index in [-0.39, 0.29) is 0 Å². The van der Waals surface area contributed by atoms with Crippen LogP contribution < -0.4 is 10.2 Å². The summed E-state index contributed by atoms with van der Waals surface area (Å²) in [5.74, 6) is 1.79. The summed E-state index contributed by atoms with van der Waals surface area (Å²) >= 11 is 0. The maximum atomic E-state index is 4.70. The first-order chi connectivity index (χ1) is 10.3. The molecule has 1 saturated carbocycles. The third-order valence-corrected chi connectivity index (χ3v) is 4.35. The second-order valence-electron chi connectivity index (χ2n) is 6.11. The molecule has 0 unspecified atom stereocenters. The predicted octanol–water partition coefficient (Wildman–Crippen LogP) is 3.00. The minimum atomic E-state index is 0.462. The number of nitrogens with one attached hydrogen (secondary N) is 1. The average molecular weight is 280 g/mol. The van der Waals surface area contributed by atoms with Crippen LogP contribution in [-0.4, -0.2) is 22.1 Å². The van der Waals surface area contributed by atoms with Gasteiger partial charge in [-0.05, 0) is 43.4 Å². The normalized spacial score (nSPS) is 21.0. The van der Waals surface area contributed by atoms with Gasteiger partial charge in [0.05, 0.1) is 0 Å². The molecule has 1 aromatic heterocycles. The molecular formula is C17H20N4. The summed E-state index contributed by atoms with van der Waals surface area (Å²) < 4.78 is 0. The second kappa shape index (κ2) is 5.02. The zero-order valence-electron chi connectivity index (χ0n) is 12.3. The van der Waals surface area contributed by atoms with Gasteiger partial charge in [0.1, 0.15) is 5.82 Å². The minimum absolute atomic E-state index is 0.462. The molecule has 2 aliphatic rings. The number of fused-ring (bicyclic) bond motifs is 1. The zero-order valence-corrected chi connectivity index (χ0v) is 12.3. The maximum absolute atomic E-state index is 4.70. The van der Waals surface area contributed by atoms with E-state index in [9.17, 15) is 0 Å². The van der Waals surface area contributed by atoms with Gasteiger partial charge in [0.2, 0.25) is 5.95 Å². The Kier molecular flexibility index (Phi) is 3.02. The first-order valence-electron chi connectivity index (χ1n) is 7.72. The molecular weight excluding hydrogens is 260 g/mol. The van der Waals surface area contributed by atoms with Crippen molar-refractivity contribution < 1.29 is 0 Å². The van der Waals surface area contributed by atoms with Gasteiger partial charge in [0.25, 0.3) is 0 Å². The number of benzene rings is 1. The molecule has 1 atom stereocenters. The SMILES string of the molecule is C[C@@H]1Cc2ccccc2CN1c1ccnc(NC2CC2)n1. The van der Waals surface area contributed by atoms with E-state index >= 15 is 0 Å². The van der Waals surface area contributed by atoms with Gasteiger partial charge in [-0.3, -0.25) is 0 Å². The fourth-order valence-corrected chi connectivity index (χ4v) is 2.97. The summed E-state index contributed by atoms with van der Waals surface area (Å²) in [6, 6.07) is 11.8. The van der Waals surface area contributed by atoms with Gasteiger partial charge in [-0.2, -0.15) is 4.98 Å². The molecule has 4 heteroatoms. The predicted molar refractivity (Wildman–Crippen MR) is 84.5 cm³/mol. The molecule has 2 heterocycles. The van der Waals surface area contributed by atoms with E-state index in [0.29, 0.717) is 12.1 Å². The van der Waals surface area contributed by atoms with Crippen molar-refractivity contribution in [3.63, 3.8) is 0 Å². The lowest BCUT2D eigenvalue weighted by atomic mass is 9.95.